The summed E-state index contributed by atoms with van der Waals surface area (Å²) in [5.74, 6) is 0.0206. The average Bonchev–Trinajstić information content (AvgIpc) is 2.42. The zero-order valence-electron chi connectivity index (χ0n) is 11.7. The summed E-state index contributed by atoms with van der Waals surface area (Å²) in [6.45, 7) is 2.33. The van der Waals surface area contributed by atoms with Gasteiger partial charge < -0.3 is 15.4 Å². The summed E-state index contributed by atoms with van der Waals surface area (Å²) >= 11 is 5.81. The Morgan fingerprint density at radius 2 is 1.95 bits per heavy atom. The molecule has 1 rings (SSSR count). The second-order valence-corrected chi connectivity index (χ2v) is 4.69. The number of ether oxygens (including phenoxy) is 1. The molecule has 0 heterocycles. The molecule has 1 aromatic carbocycles. The number of carbonyl (C=O) groups excluding carboxylic acids is 1. The topological polar surface area (TPSA) is 50.4 Å². The van der Waals surface area contributed by atoms with Crippen molar-refractivity contribution in [3.63, 3.8) is 0 Å². The lowest BCUT2D eigenvalue weighted by Crippen LogP contribution is -2.35. The third-order valence-electron chi connectivity index (χ3n) is 2.65. The number of aryl methyl sites for hydroxylation is 1. The van der Waals surface area contributed by atoms with E-state index in [-0.39, 0.29) is 18.3 Å². The third-order valence-corrected chi connectivity index (χ3v) is 2.90. The van der Waals surface area contributed by atoms with Gasteiger partial charge in [-0.05, 0) is 30.5 Å². The van der Waals surface area contributed by atoms with E-state index in [4.69, 9.17) is 16.3 Å². The molecule has 20 heavy (non-hydrogen) atoms. The van der Waals surface area contributed by atoms with E-state index in [2.05, 4.69) is 10.6 Å². The zero-order valence-corrected chi connectivity index (χ0v) is 13.2. The molecule has 0 aliphatic heterocycles. The number of halogens is 2. The van der Waals surface area contributed by atoms with Crippen LogP contribution in [0, 0.1) is 0 Å². The van der Waals surface area contributed by atoms with Gasteiger partial charge in [0.1, 0.15) is 0 Å². The van der Waals surface area contributed by atoms with Gasteiger partial charge in [-0.15, -0.1) is 12.4 Å². The Morgan fingerprint density at radius 1 is 1.25 bits per heavy atom. The SMILES string of the molecule is COCCNCC(=O)NCCCc1ccc(Cl)cc1.Cl. The van der Waals surface area contributed by atoms with E-state index in [0.717, 1.165) is 17.9 Å². The van der Waals surface area contributed by atoms with Gasteiger partial charge in [0.15, 0.2) is 0 Å². The highest BCUT2D eigenvalue weighted by Gasteiger charge is 1.99. The Morgan fingerprint density at radius 3 is 2.60 bits per heavy atom. The maximum Gasteiger partial charge on any atom is 0.233 e. The highest BCUT2D eigenvalue weighted by Crippen LogP contribution is 2.10. The van der Waals surface area contributed by atoms with Gasteiger partial charge in [-0.2, -0.15) is 0 Å². The Hall–Kier alpha value is -0.810. The van der Waals surface area contributed by atoms with Gasteiger partial charge in [0.05, 0.1) is 13.2 Å². The van der Waals surface area contributed by atoms with Crippen LogP contribution >= 0.6 is 24.0 Å². The van der Waals surface area contributed by atoms with Crippen LogP contribution in [0.1, 0.15) is 12.0 Å². The molecule has 0 fully saturated rings. The van der Waals surface area contributed by atoms with E-state index in [1.165, 1.54) is 5.56 Å². The minimum atomic E-state index is 0. The molecular weight excluding hydrogens is 299 g/mol. The molecule has 0 aliphatic carbocycles. The summed E-state index contributed by atoms with van der Waals surface area (Å²) in [6.07, 6.45) is 1.86. The van der Waals surface area contributed by atoms with Gasteiger partial charge in [-0.1, -0.05) is 23.7 Å². The number of carbonyl (C=O) groups is 1. The maximum absolute atomic E-state index is 11.4. The number of hydrogen-bond acceptors (Lipinski definition) is 3. The summed E-state index contributed by atoms with van der Waals surface area (Å²) in [5.41, 5.74) is 1.23. The van der Waals surface area contributed by atoms with Crippen LogP contribution in [0.25, 0.3) is 0 Å². The van der Waals surface area contributed by atoms with Gasteiger partial charge >= 0.3 is 0 Å². The lowest BCUT2D eigenvalue weighted by Gasteiger charge is -2.06. The zero-order chi connectivity index (χ0) is 13.9. The number of rotatable bonds is 9. The largest absolute Gasteiger partial charge is 0.383 e. The molecule has 1 amide bonds. The average molecular weight is 321 g/mol. The molecule has 0 atom stereocenters. The number of benzene rings is 1. The van der Waals surface area contributed by atoms with Crippen molar-refractivity contribution < 1.29 is 9.53 Å². The van der Waals surface area contributed by atoms with Crippen molar-refractivity contribution in [3.8, 4) is 0 Å². The summed E-state index contributed by atoms with van der Waals surface area (Å²) in [5, 5.41) is 6.62. The third kappa shape index (κ3) is 9.15. The molecule has 0 saturated carbocycles. The van der Waals surface area contributed by atoms with Gasteiger partial charge in [-0.3, -0.25) is 4.79 Å². The van der Waals surface area contributed by atoms with E-state index < -0.39 is 0 Å². The number of amides is 1. The van der Waals surface area contributed by atoms with Crippen LogP contribution in [-0.2, 0) is 16.0 Å². The van der Waals surface area contributed by atoms with Crippen molar-refractivity contribution in [2.75, 3.05) is 33.4 Å². The van der Waals surface area contributed by atoms with Crippen LogP contribution in [0.4, 0.5) is 0 Å². The van der Waals surface area contributed by atoms with Crippen molar-refractivity contribution in [2.45, 2.75) is 12.8 Å². The molecule has 0 aromatic heterocycles. The molecule has 0 radical (unpaired) electrons. The molecule has 6 heteroatoms. The fourth-order valence-electron chi connectivity index (χ4n) is 1.61. The Labute approximate surface area is 131 Å². The molecule has 0 unspecified atom stereocenters. The first kappa shape index (κ1) is 19.2. The second-order valence-electron chi connectivity index (χ2n) is 4.25. The standard InChI is InChI=1S/C14H21ClN2O2.ClH/c1-19-10-9-16-11-14(18)17-8-2-3-12-4-6-13(15)7-5-12;/h4-7,16H,2-3,8-11H2,1H3,(H,17,18);1H. The van der Waals surface area contributed by atoms with Crippen molar-refractivity contribution in [1.82, 2.24) is 10.6 Å². The lowest BCUT2D eigenvalue weighted by molar-refractivity contribution is -0.120. The van der Waals surface area contributed by atoms with E-state index in [1.54, 1.807) is 7.11 Å². The summed E-state index contributed by atoms with van der Waals surface area (Å²) < 4.78 is 4.88. The molecule has 114 valence electrons. The summed E-state index contributed by atoms with van der Waals surface area (Å²) in [6, 6.07) is 7.79. The predicted octanol–water partition coefficient (Wildman–Crippen LogP) is 2.05. The smallest absolute Gasteiger partial charge is 0.233 e. The van der Waals surface area contributed by atoms with Crippen LogP contribution in [0.5, 0.6) is 0 Å². The molecule has 4 nitrogen and oxygen atoms in total. The predicted molar refractivity (Wildman–Crippen MR) is 84.8 cm³/mol. The van der Waals surface area contributed by atoms with Crippen LogP contribution in [0.2, 0.25) is 5.02 Å². The minimum Gasteiger partial charge on any atom is -0.383 e. The van der Waals surface area contributed by atoms with Crippen molar-refractivity contribution >= 4 is 29.9 Å². The van der Waals surface area contributed by atoms with Crippen LogP contribution in [-0.4, -0.2) is 39.3 Å². The van der Waals surface area contributed by atoms with Crippen molar-refractivity contribution in [1.29, 1.82) is 0 Å². The molecule has 0 spiro atoms. The van der Waals surface area contributed by atoms with Gasteiger partial charge in [-0.25, -0.2) is 0 Å². The van der Waals surface area contributed by atoms with E-state index in [9.17, 15) is 4.79 Å². The molecule has 0 aliphatic rings. The Bertz CT molecular complexity index is 372. The number of nitrogens with one attached hydrogen (secondary N) is 2. The molecule has 2 N–H and O–H groups in total. The molecule has 0 saturated heterocycles. The van der Waals surface area contributed by atoms with Crippen molar-refractivity contribution in [3.05, 3.63) is 34.9 Å². The van der Waals surface area contributed by atoms with Crippen LogP contribution in [0.3, 0.4) is 0 Å². The first-order valence-corrected chi connectivity index (χ1v) is 6.81. The van der Waals surface area contributed by atoms with Crippen molar-refractivity contribution in [2.24, 2.45) is 0 Å². The highest BCUT2D eigenvalue weighted by molar-refractivity contribution is 6.30. The number of methoxy groups -OCH3 is 1. The monoisotopic (exact) mass is 320 g/mol. The van der Waals surface area contributed by atoms with Crippen LogP contribution < -0.4 is 10.6 Å². The minimum absolute atomic E-state index is 0. The van der Waals surface area contributed by atoms with Crippen LogP contribution in [0.15, 0.2) is 24.3 Å². The molecular formula is C14H22Cl2N2O2. The Kier molecular flexibility index (Phi) is 11.5. The van der Waals surface area contributed by atoms with E-state index in [0.29, 0.717) is 26.2 Å². The second kappa shape index (κ2) is 12.0. The fourth-order valence-corrected chi connectivity index (χ4v) is 1.74. The lowest BCUT2D eigenvalue weighted by atomic mass is 10.1. The summed E-state index contributed by atoms with van der Waals surface area (Å²) in [7, 11) is 1.64. The summed E-state index contributed by atoms with van der Waals surface area (Å²) in [4.78, 5) is 11.4. The fraction of sp³-hybridized carbons (Fsp3) is 0.500. The Balaban J connectivity index is 0.00000361. The number of hydrogen-bond donors (Lipinski definition) is 2. The molecule has 1 aromatic rings. The maximum atomic E-state index is 11.4. The first-order valence-electron chi connectivity index (χ1n) is 6.43. The van der Waals surface area contributed by atoms with Gasteiger partial charge in [0.25, 0.3) is 0 Å². The quantitative estimate of drug-likeness (QED) is 0.685. The van der Waals surface area contributed by atoms with E-state index in [1.807, 2.05) is 24.3 Å². The van der Waals surface area contributed by atoms with Gasteiger partial charge in [0, 0.05) is 25.2 Å². The molecule has 0 bridgehead atoms. The van der Waals surface area contributed by atoms with E-state index >= 15 is 0 Å². The normalized spacial score (nSPS) is 9.90. The first-order chi connectivity index (χ1) is 9.22. The highest BCUT2D eigenvalue weighted by atomic mass is 35.5. The van der Waals surface area contributed by atoms with Gasteiger partial charge in [0.2, 0.25) is 5.91 Å².